The predicted octanol–water partition coefficient (Wildman–Crippen LogP) is 4.62. The van der Waals surface area contributed by atoms with E-state index in [9.17, 15) is 14.7 Å². The number of phenols is 1. The maximum Gasteiger partial charge on any atom is 0.275 e. The molecule has 2 aromatic heterocycles. The van der Waals surface area contributed by atoms with E-state index in [1.54, 1.807) is 25.1 Å². The zero-order chi connectivity index (χ0) is 23.9. The highest BCUT2D eigenvalue weighted by atomic mass is 16.3. The minimum Gasteiger partial charge on any atom is -0.508 e. The fourth-order valence-electron chi connectivity index (χ4n) is 4.25. The lowest BCUT2D eigenvalue weighted by Crippen LogP contribution is -2.33. The molecule has 0 saturated carbocycles. The van der Waals surface area contributed by atoms with Crippen LogP contribution in [-0.4, -0.2) is 26.8 Å². The van der Waals surface area contributed by atoms with Crippen molar-refractivity contribution in [3.05, 3.63) is 72.3 Å². The average Bonchev–Trinajstić information content (AvgIpc) is 3.46. The fourth-order valence-corrected chi connectivity index (χ4v) is 4.25. The number of unbranched alkanes of at least 4 members (excludes halogenated alkanes) is 2. The number of imidazole rings is 1. The molecule has 1 atom stereocenters. The first-order valence-corrected chi connectivity index (χ1v) is 11.7. The van der Waals surface area contributed by atoms with E-state index in [1.807, 2.05) is 42.7 Å². The zero-order valence-electron chi connectivity index (χ0n) is 19.4. The molecule has 0 spiro atoms. The van der Waals surface area contributed by atoms with Crippen LogP contribution in [0.3, 0.4) is 0 Å². The number of H-pyrrole nitrogens is 3. The molecule has 0 saturated heterocycles. The summed E-state index contributed by atoms with van der Waals surface area (Å²) in [5, 5.41) is 13.8. The molecule has 1 amide bonds. The van der Waals surface area contributed by atoms with Gasteiger partial charge >= 0.3 is 0 Å². The summed E-state index contributed by atoms with van der Waals surface area (Å²) in [5.41, 5.74) is 3.74. The molecule has 7 nitrogen and oxygen atoms in total. The Morgan fingerprint density at radius 1 is 1.09 bits per heavy atom. The summed E-state index contributed by atoms with van der Waals surface area (Å²) in [6, 6.07) is 14.9. The third kappa shape index (κ3) is 5.92. The summed E-state index contributed by atoms with van der Waals surface area (Å²) in [4.78, 5) is 34.1. The summed E-state index contributed by atoms with van der Waals surface area (Å²) in [6.45, 7) is 1.62. The summed E-state index contributed by atoms with van der Waals surface area (Å²) < 4.78 is 0. The molecule has 2 heterocycles. The zero-order valence-corrected chi connectivity index (χ0v) is 19.4. The average molecular weight is 460 g/mol. The van der Waals surface area contributed by atoms with E-state index in [1.165, 1.54) is 0 Å². The highest BCUT2D eigenvalue weighted by Gasteiger charge is 2.23. The van der Waals surface area contributed by atoms with Gasteiger partial charge in [-0.25, -0.2) is 9.97 Å². The normalized spacial score (nSPS) is 12.0. The molecule has 0 aliphatic rings. The van der Waals surface area contributed by atoms with Gasteiger partial charge in [0.1, 0.15) is 23.8 Å². The summed E-state index contributed by atoms with van der Waals surface area (Å²) in [6.07, 6.45) is 7.97. The highest BCUT2D eigenvalue weighted by molar-refractivity contribution is 5.89. The van der Waals surface area contributed by atoms with Gasteiger partial charge in [0.25, 0.3) is 5.82 Å². The minimum absolute atomic E-state index is 0.0951. The Bertz CT molecular complexity index is 1260. The van der Waals surface area contributed by atoms with Crippen LogP contribution in [0.5, 0.6) is 5.75 Å². The number of carbonyl (C=O) groups is 2. The van der Waals surface area contributed by atoms with Crippen molar-refractivity contribution in [2.45, 2.75) is 51.5 Å². The molecule has 34 heavy (non-hydrogen) atoms. The first kappa shape index (κ1) is 23.3. The number of hydrogen-bond acceptors (Lipinski definition) is 3. The second-order valence-corrected chi connectivity index (χ2v) is 8.75. The van der Waals surface area contributed by atoms with E-state index in [2.05, 4.69) is 20.3 Å². The number of fused-ring (bicyclic) bond motifs is 1. The highest BCUT2D eigenvalue weighted by Crippen LogP contribution is 2.24. The van der Waals surface area contributed by atoms with Crippen molar-refractivity contribution in [1.82, 2.24) is 15.3 Å². The lowest BCUT2D eigenvalue weighted by atomic mass is 10.0. The molecule has 0 aliphatic heterocycles. The number of Topliss-reactive ketones (excluding diaryl/α,β-unsaturated/α-hetero) is 1. The maximum absolute atomic E-state index is 13.0. The lowest BCUT2D eigenvalue weighted by Gasteiger charge is -2.14. The van der Waals surface area contributed by atoms with Crippen LogP contribution in [0, 0.1) is 0 Å². The third-order valence-corrected chi connectivity index (χ3v) is 6.03. The number of nitrogens with one attached hydrogen (secondary N) is 4. The molecule has 4 rings (SSSR count). The number of carbonyl (C=O) groups excluding carboxylic acids is 2. The number of phenolic OH excluding ortho intramolecular Hbond substituents is 1. The Labute approximate surface area is 198 Å². The SMILES string of the molecule is CC(=O)CCCCC[C@H](NC(=O)Cc1c[nH]c2ccc(O)cc12)c1[nH]c(-c2ccccc2)c[nH+]1. The summed E-state index contributed by atoms with van der Waals surface area (Å²) in [5.74, 6) is 1.13. The molecule has 0 fully saturated rings. The summed E-state index contributed by atoms with van der Waals surface area (Å²) >= 11 is 0. The second kappa shape index (κ2) is 10.8. The number of ketones is 1. The van der Waals surface area contributed by atoms with Gasteiger partial charge in [-0.2, -0.15) is 0 Å². The number of amides is 1. The van der Waals surface area contributed by atoms with Gasteiger partial charge in [-0.3, -0.25) is 4.79 Å². The van der Waals surface area contributed by atoms with Crippen LogP contribution in [0.15, 0.2) is 60.9 Å². The minimum atomic E-state index is -0.208. The van der Waals surface area contributed by atoms with Crippen LogP contribution >= 0.6 is 0 Å². The first-order chi connectivity index (χ1) is 16.5. The van der Waals surface area contributed by atoms with Gasteiger partial charge < -0.3 is 20.2 Å². The molecular weight excluding hydrogens is 428 g/mol. The Hall–Kier alpha value is -3.87. The van der Waals surface area contributed by atoms with Crippen molar-refractivity contribution in [2.75, 3.05) is 0 Å². The van der Waals surface area contributed by atoms with Crippen LogP contribution < -0.4 is 10.3 Å². The Balaban J connectivity index is 1.47. The molecule has 176 valence electrons. The van der Waals surface area contributed by atoms with Crippen molar-refractivity contribution in [3.8, 4) is 17.0 Å². The van der Waals surface area contributed by atoms with Gasteiger partial charge in [0.05, 0.1) is 6.42 Å². The Kier molecular flexibility index (Phi) is 7.42. The molecule has 0 unspecified atom stereocenters. The molecular formula is C27H31N4O3+. The number of aromatic hydroxyl groups is 1. The van der Waals surface area contributed by atoms with Crippen molar-refractivity contribution in [2.24, 2.45) is 0 Å². The van der Waals surface area contributed by atoms with Crippen molar-refractivity contribution >= 4 is 22.6 Å². The van der Waals surface area contributed by atoms with Gasteiger partial charge in [-0.05, 0) is 43.5 Å². The number of aromatic nitrogens is 3. The largest absolute Gasteiger partial charge is 0.508 e. The van der Waals surface area contributed by atoms with Gasteiger partial charge in [0.2, 0.25) is 5.91 Å². The van der Waals surface area contributed by atoms with Gasteiger partial charge in [-0.15, -0.1) is 0 Å². The lowest BCUT2D eigenvalue weighted by molar-refractivity contribution is -0.391. The number of rotatable bonds is 11. The Morgan fingerprint density at radius 2 is 1.91 bits per heavy atom. The predicted molar refractivity (Wildman–Crippen MR) is 131 cm³/mol. The third-order valence-electron chi connectivity index (χ3n) is 6.03. The molecule has 0 bridgehead atoms. The van der Waals surface area contributed by atoms with Crippen LogP contribution in [0.1, 0.15) is 56.5 Å². The Morgan fingerprint density at radius 3 is 2.71 bits per heavy atom. The van der Waals surface area contributed by atoms with Crippen LogP contribution in [0.2, 0.25) is 0 Å². The number of hydrogen-bond donors (Lipinski definition) is 4. The monoisotopic (exact) mass is 459 g/mol. The standard InChI is InChI=1S/C27H30N4O3/c1-18(32)8-4-2-7-11-24(27-29-17-25(31-27)19-9-5-3-6-10-19)30-26(34)14-20-16-28-23-13-12-21(33)15-22(20)23/h3,5-6,9-10,12-13,15-17,24,28,33H,2,4,7-8,11,14H2,1H3,(H,29,31)(H,30,34)/p+1/t24-/m0/s1. The van der Waals surface area contributed by atoms with Gasteiger partial charge in [0.15, 0.2) is 5.69 Å². The number of aromatic amines is 3. The fraction of sp³-hybridized carbons (Fsp3) is 0.296. The van der Waals surface area contributed by atoms with E-state index >= 15 is 0 Å². The second-order valence-electron chi connectivity index (χ2n) is 8.75. The molecule has 2 aromatic carbocycles. The van der Waals surface area contributed by atoms with Crippen LogP contribution in [0.4, 0.5) is 0 Å². The van der Waals surface area contributed by atoms with E-state index < -0.39 is 0 Å². The quantitative estimate of drug-likeness (QED) is 0.245. The first-order valence-electron chi connectivity index (χ1n) is 11.7. The van der Waals surface area contributed by atoms with E-state index in [0.717, 1.165) is 59.2 Å². The molecule has 5 N–H and O–H groups in total. The van der Waals surface area contributed by atoms with E-state index in [4.69, 9.17) is 0 Å². The van der Waals surface area contributed by atoms with Gasteiger partial charge in [0, 0.05) is 29.1 Å². The van der Waals surface area contributed by atoms with Crippen molar-refractivity contribution in [1.29, 1.82) is 0 Å². The van der Waals surface area contributed by atoms with Crippen molar-refractivity contribution in [3.63, 3.8) is 0 Å². The topological polar surface area (TPSA) is 112 Å². The van der Waals surface area contributed by atoms with Crippen LogP contribution in [-0.2, 0) is 16.0 Å². The smallest absolute Gasteiger partial charge is 0.275 e. The maximum atomic E-state index is 13.0. The van der Waals surface area contributed by atoms with Crippen LogP contribution in [0.25, 0.3) is 22.2 Å². The van der Waals surface area contributed by atoms with E-state index in [-0.39, 0.29) is 29.9 Å². The molecule has 0 radical (unpaired) electrons. The van der Waals surface area contributed by atoms with E-state index in [0.29, 0.717) is 6.42 Å². The molecule has 0 aliphatic carbocycles. The number of benzene rings is 2. The summed E-state index contributed by atoms with van der Waals surface area (Å²) in [7, 11) is 0. The van der Waals surface area contributed by atoms with Crippen molar-refractivity contribution < 1.29 is 19.7 Å². The molecule has 7 heteroatoms. The molecule has 4 aromatic rings. The van der Waals surface area contributed by atoms with Gasteiger partial charge in [-0.1, -0.05) is 43.2 Å².